The highest BCUT2D eigenvalue weighted by atomic mass is 31.2. The topological polar surface area (TPSA) is 459 Å². The third-order valence-electron chi connectivity index (χ3n) is 21.7. The van der Waals surface area contributed by atoms with E-state index in [-0.39, 0.29) is 76.7 Å². The number of aliphatic hydroxyl groups is 2. The lowest BCUT2D eigenvalue weighted by Gasteiger charge is -2.49. The van der Waals surface area contributed by atoms with Crippen molar-refractivity contribution in [2.45, 2.75) is 207 Å². The second-order valence-electron chi connectivity index (χ2n) is 27.9. The molecule has 498 valence electrons. The Labute approximate surface area is 525 Å². The number of aliphatic hydroxyl groups excluding tert-OH is 2. The van der Waals surface area contributed by atoms with Gasteiger partial charge >= 0.3 is 7.82 Å². The molecular weight excluding hydrogens is 1180 g/mol. The van der Waals surface area contributed by atoms with Crippen molar-refractivity contribution in [3.63, 3.8) is 0 Å². The SMILES string of the molecule is C/C1=C2/N[C@H]([C@H](CC(N)=O)[C@@]2(C)CCC(=O)NC[C@@H](C)OP(=O)(O)O[C@H]2[C@@H](O)[C@@H](n3cnc4cc(C)c(C)cc43)O[C@@H]2CO)[C@]2(C)N[C@H](/C(C)=C3\N[C@@H](/C=C4\N[C@H]1[C@@H](CCC(N)=O)C4(C)C)[C@@H](CCC(N)=O)[C@]3(C)CC(N)=O)[C@@H](CCC(N)=O)[C@]2(C)CC(N)=O. The monoisotopic (exact) mass is 1280 g/mol. The Morgan fingerprint density at radius 2 is 1.32 bits per heavy atom. The second-order valence-corrected chi connectivity index (χ2v) is 29.2. The zero-order chi connectivity index (χ0) is 66.7. The molecule has 2 aromatic rings. The van der Waals surface area contributed by atoms with Gasteiger partial charge in [-0.1, -0.05) is 34.6 Å². The van der Waals surface area contributed by atoms with Crippen molar-refractivity contribution < 1.29 is 67.0 Å². The van der Waals surface area contributed by atoms with Gasteiger partial charge in [-0.2, -0.15) is 0 Å². The van der Waals surface area contributed by atoms with E-state index in [4.69, 9.17) is 48.2 Å². The molecule has 8 bridgehead atoms. The third kappa shape index (κ3) is 13.2. The fraction of sp³-hybridized carbons (Fsp3) is 0.677. The van der Waals surface area contributed by atoms with Gasteiger partial charge in [0, 0.05) is 120 Å². The van der Waals surface area contributed by atoms with Crippen LogP contribution in [0.25, 0.3) is 11.0 Å². The zero-order valence-corrected chi connectivity index (χ0v) is 54.5. The molecule has 20 N–H and O–H groups in total. The summed E-state index contributed by atoms with van der Waals surface area (Å²) in [6.45, 7) is 20.1. The summed E-state index contributed by atoms with van der Waals surface area (Å²) in [4.78, 5) is 109. The average Bonchev–Trinajstić information content (AvgIpc) is 1.53. The lowest BCUT2D eigenvalue weighted by molar-refractivity contribution is -0.124. The molecule has 5 saturated heterocycles. The Morgan fingerprint density at radius 1 is 0.744 bits per heavy atom. The highest BCUT2D eigenvalue weighted by Crippen LogP contribution is 2.62. The van der Waals surface area contributed by atoms with E-state index < -0.39 is 156 Å². The second kappa shape index (κ2) is 25.9. The number of carbonyl (C=O) groups is 7. The molecule has 5 fully saturated rings. The van der Waals surface area contributed by atoms with Crippen LogP contribution in [0.5, 0.6) is 0 Å². The molecule has 6 aliphatic rings. The van der Waals surface area contributed by atoms with Gasteiger partial charge in [-0.3, -0.25) is 42.6 Å². The number of fused-ring (bicyclic) bond motifs is 10. The van der Waals surface area contributed by atoms with Crippen LogP contribution in [0.1, 0.15) is 150 Å². The van der Waals surface area contributed by atoms with E-state index in [1.54, 1.807) is 4.57 Å². The number of aryl methyl sites for hydroxylation is 2. The first kappa shape index (κ1) is 69.4. The molecule has 27 nitrogen and oxygen atoms in total. The van der Waals surface area contributed by atoms with Gasteiger partial charge in [-0.05, 0) is 125 Å². The lowest BCUT2D eigenvalue weighted by Crippen LogP contribution is -2.64. The number of nitrogens with two attached hydrogens (primary N) is 6. The number of carbonyl (C=O) groups excluding carboxylic acids is 7. The molecule has 28 heteroatoms. The first-order chi connectivity index (χ1) is 41.8. The van der Waals surface area contributed by atoms with Gasteiger partial charge in [0.25, 0.3) is 0 Å². The number of amides is 7. The van der Waals surface area contributed by atoms with Gasteiger partial charge in [-0.15, -0.1) is 0 Å². The van der Waals surface area contributed by atoms with Gasteiger partial charge in [0.15, 0.2) is 6.23 Å². The maximum absolute atomic E-state index is 14.4. The zero-order valence-electron chi connectivity index (χ0n) is 53.6. The van der Waals surface area contributed by atoms with Crippen molar-refractivity contribution in [1.29, 1.82) is 0 Å². The fourth-order valence-corrected chi connectivity index (χ4v) is 17.8. The molecule has 0 radical (unpaired) electrons. The smallest absolute Gasteiger partial charge is 0.394 e. The summed E-state index contributed by atoms with van der Waals surface area (Å²) < 4.78 is 32.3. The summed E-state index contributed by atoms with van der Waals surface area (Å²) >= 11 is 0. The largest absolute Gasteiger partial charge is 0.472 e. The van der Waals surface area contributed by atoms with Crippen LogP contribution in [0.4, 0.5) is 0 Å². The van der Waals surface area contributed by atoms with Crippen LogP contribution >= 0.6 is 7.82 Å². The molecule has 7 amide bonds. The number of nitrogens with one attached hydrogen (secondary N) is 5. The van der Waals surface area contributed by atoms with E-state index in [1.165, 1.54) is 13.3 Å². The van der Waals surface area contributed by atoms with Crippen molar-refractivity contribution >= 4 is 60.2 Å². The number of phosphoric ester groups is 1. The van der Waals surface area contributed by atoms with Gasteiger partial charge in [0.2, 0.25) is 41.4 Å². The van der Waals surface area contributed by atoms with Crippen LogP contribution in [0.15, 0.2) is 52.8 Å². The number of aromatic nitrogens is 2. The van der Waals surface area contributed by atoms with E-state index in [0.29, 0.717) is 28.8 Å². The van der Waals surface area contributed by atoms with Gasteiger partial charge < -0.3 is 85.4 Å². The number of hydrogen-bond donors (Lipinski definition) is 14. The number of imidazole rings is 1. The Morgan fingerprint density at radius 3 is 1.91 bits per heavy atom. The quantitative estimate of drug-likeness (QED) is 0.0596. The average molecular weight is 1280 g/mol. The molecule has 8 rings (SSSR count). The molecule has 1 aromatic heterocycles. The summed E-state index contributed by atoms with van der Waals surface area (Å²) in [7, 11) is -5.05. The molecule has 0 aliphatic carbocycles. The van der Waals surface area contributed by atoms with Crippen molar-refractivity contribution in [3.05, 3.63) is 63.9 Å². The number of allylic oxidation sites excluding steroid dienone is 3. The highest BCUT2D eigenvalue weighted by Gasteiger charge is 2.68. The Bertz CT molecular complexity index is 3330. The van der Waals surface area contributed by atoms with E-state index in [0.717, 1.165) is 28.0 Å². The summed E-state index contributed by atoms with van der Waals surface area (Å²) in [6, 6.07) is 1.17. The van der Waals surface area contributed by atoms with Crippen LogP contribution < -0.4 is 61.0 Å². The summed E-state index contributed by atoms with van der Waals surface area (Å²) in [6.07, 6.45) is -3.15. The number of rotatable bonds is 26. The van der Waals surface area contributed by atoms with Crippen molar-refractivity contribution in [1.82, 2.24) is 36.1 Å². The van der Waals surface area contributed by atoms with Crippen molar-refractivity contribution in [2.24, 2.45) is 79.7 Å². The number of hydrogen-bond acceptors (Lipinski definition) is 18. The molecule has 1 unspecified atom stereocenters. The van der Waals surface area contributed by atoms with Crippen LogP contribution in [-0.4, -0.2) is 133 Å². The number of nitrogens with zero attached hydrogens (tertiary/aromatic N) is 2. The van der Waals surface area contributed by atoms with Gasteiger partial charge in [0.05, 0.1) is 36.1 Å². The first-order valence-corrected chi connectivity index (χ1v) is 32.6. The predicted molar refractivity (Wildman–Crippen MR) is 332 cm³/mol. The maximum atomic E-state index is 14.4. The Kier molecular flexibility index (Phi) is 20.0. The van der Waals surface area contributed by atoms with Gasteiger partial charge in [0.1, 0.15) is 18.3 Å². The molecule has 0 saturated carbocycles. The Balaban J connectivity index is 1.18. The third-order valence-corrected chi connectivity index (χ3v) is 22.8. The van der Waals surface area contributed by atoms with E-state index >= 15 is 0 Å². The summed E-state index contributed by atoms with van der Waals surface area (Å²) in [5.74, 6) is -6.20. The lowest BCUT2D eigenvalue weighted by atomic mass is 9.56. The molecule has 90 heavy (non-hydrogen) atoms. The maximum Gasteiger partial charge on any atom is 0.472 e. The number of phosphoric acid groups is 1. The van der Waals surface area contributed by atoms with Gasteiger partial charge in [-0.25, -0.2) is 9.55 Å². The number of benzene rings is 1. The summed E-state index contributed by atoms with van der Waals surface area (Å²) in [5.41, 5.74) is 37.8. The molecule has 7 heterocycles. The first-order valence-electron chi connectivity index (χ1n) is 31.1. The summed E-state index contributed by atoms with van der Waals surface area (Å²) in [5, 5.41) is 40.2. The Hall–Kier alpha value is -6.45. The minimum absolute atomic E-state index is 0.0183. The van der Waals surface area contributed by atoms with E-state index in [1.807, 2.05) is 67.5 Å². The molecule has 18 atom stereocenters. The standard InChI is InChI=1S/C62H96N13O14P/c1-29-20-39-40(21-30(29)2)75(28-70-39)57-52(84)53(41(27-76)87-57)89-90(85,86)88-31(3)26-69-49(83)18-19-59(8)37(22-46(66)80)56-62(11)61(10,25-48(68)82)36(14-17-45(65)79)51(74-62)33(5)55-60(9,24-47(67)81)34(12-15-43(63)77)38(71-55)23-42-58(6,7)35(13-16-44(64)78)50(72-42)32(4)54(59)73-56/h20-21,23,28,31,34-38,41,50-53,56-57,71-74,76,84H,12-19,22,24-27H2,1-11H3,(H2,63,77)(H2,64,78)(H2,65,79)(H2,66,80)(H2,67,81)(H2,68,82)(H,69,83)(H,85,86)/b42-23-,54-32-,55-33-/t31-,34-,35-,36-,37+,38+,41-,50-,51-,52-,53-,56-,57+,59-,60+,61+,62+/m1/s1. The number of ether oxygens (including phenoxy) is 1. The fourth-order valence-electron chi connectivity index (χ4n) is 16.7. The molecular formula is C62H96N13O14P. The van der Waals surface area contributed by atoms with Crippen LogP contribution in [0, 0.1) is 59.2 Å². The molecule has 6 aliphatic heterocycles. The minimum atomic E-state index is -5.05. The van der Waals surface area contributed by atoms with E-state index in [2.05, 4.69) is 51.5 Å². The number of primary amides is 6. The minimum Gasteiger partial charge on any atom is -0.394 e. The molecule has 0 spiro atoms. The normalized spacial score (nSPS) is 36.7. The van der Waals surface area contributed by atoms with Crippen molar-refractivity contribution in [3.8, 4) is 0 Å². The highest BCUT2D eigenvalue weighted by molar-refractivity contribution is 7.47. The van der Waals surface area contributed by atoms with Crippen LogP contribution in [0.2, 0.25) is 0 Å². The van der Waals surface area contributed by atoms with Crippen molar-refractivity contribution in [2.75, 3.05) is 13.2 Å². The van der Waals surface area contributed by atoms with Crippen LogP contribution in [-0.2, 0) is 51.9 Å². The predicted octanol–water partition coefficient (Wildman–Crippen LogP) is 1.71. The molecule has 1 aromatic carbocycles. The van der Waals surface area contributed by atoms with Crippen LogP contribution in [0.3, 0.4) is 0 Å². The van der Waals surface area contributed by atoms with E-state index in [9.17, 15) is 53.2 Å².